The van der Waals surface area contributed by atoms with Crippen LogP contribution in [0, 0.1) is 0 Å². The Labute approximate surface area is 93.2 Å². The van der Waals surface area contributed by atoms with Crippen LogP contribution in [0.3, 0.4) is 0 Å². The van der Waals surface area contributed by atoms with Gasteiger partial charge in [-0.3, -0.25) is 0 Å². The summed E-state index contributed by atoms with van der Waals surface area (Å²) < 4.78 is 5.71. The van der Waals surface area contributed by atoms with Gasteiger partial charge in [0, 0.05) is 17.5 Å². The highest BCUT2D eigenvalue weighted by Crippen LogP contribution is 2.28. The molecule has 0 aliphatic rings. The minimum Gasteiger partial charge on any atom is -0.438 e. The summed E-state index contributed by atoms with van der Waals surface area (Å²) in [7, 11) is 0. The van der Waals surface area contributed by atoms with Gasteiger partial charge in [-0.15, -0.1) is 11.3 Å². The van der Waals surface area contributed by atoms with E-state index in [-0.39, 0.29) is 0 Å². The van der Waals surface area contributed by atoms with E-state index in [0.717, 1.165) is 29.5 Å². The van der Waals surface area contributed by atoms with Gasteiger partial charge in [0.1, 0.15) is 0 Å². The molecule has 0 aromatic carbocycles. The summed E-state index contributed by atoms with van der Waals surface area (Å²) in [4.78, 5) is 8.51. The molecule has 0 unspecified atom stereocenters. The van der Waals surface area contributed by atoms with Crippen LogP contribution in [0.5, 0.6) is 0 Å². The molecule has 2 rings (SSSR count). The lowest BCUT2D eigenvalue weighted by atomic mass is 10.0. The highest BCUT2D eigenvalue weighted by Gasteiger charge is 2.15. The standard InChI is InChI=1S/C11H14N2OS/c1-3-8(4-2)10-13-7-9(14-10)11-12-5-6-15-11/h5-8H,3-4H2,1-2H3. The van der Waals surface area contributed by atoms with Crippen molar-refractivity contribution in [1.29, 1.82) is 0 Å². The van der Waals surface area contributed by atoms with Gasteiger partial charge >= 0.3 is 0 Å². The molecule has 0 fully saturated rings. The molecule has 80 valence electrons. The minimum absolute atomic E-state index is 0.429. The summed E-state index contributed by atoms with van der Waals surface area (Å²) in [6, 6.07) is 0. The van der Waals surface area contributed by atoms with E-state index < -0.39 is 0 Å². The first-order valence-corrected chi connectivity index (χ1v) is 6.08. The van der Waals surface area contributed by atoms with Crippen LogP contribution >= 0.6 is 11.3 Å². The number of oxazole rings is 1. The van der Waals surface area contributed by atoms with Crippen molar-refractivity contribution in [2.45, 2.75) is 32.6 Å². The quantitative estimate of drug-likeness (QED) is 0.791. The van der Waals surface area contributed by atoms with Crippen molar-refractivity contribution in [3.05, 3.63) is 23.7 Å². The van der Waals surface area contributed by atoms with Crippen LogP contribution in [0.1, 0.15) is 38.5 Å². The van der Waals surface area contributed by atoms with E-state index in [9.17, 15) is 0 Å². The van der Waals surface area contributed by atoms with Gasteiger partial charge in [0.2, 0.25) is 0 Å². The Bertz CT molecular complexity index is 404. The van der Waals surface area contributed by atoms with Gasteiger partial charge in [0.15, 0.2) is 16.7 Å². The molecule has 2 aromatic rings. The van der Waals surface area contributed by atoms with E-state index in [1.807, 2.05) is 5.38 Å². The molecule has 0 saturated carbocycles. The third kappa shape index (κ3) is 2.09. The second-order valence-electron chi connectivity index (χ2n) is 3.41. The molecule has 2 heterocycles. The van der Waals surface area contributed by atoms with Crippen molar-refractivity contribution in [2.24, 2.45) is 0 Å². The second-order valence-corrected chi connectivity index (χ2v) is 4.31. The fourth-order valence-corrected chi connectivity index (χ4v) is 2.14. The van der Waals surface area contributed by atoms with Crippen molar-refractivity contribution in [1.82, 2.24) is 9.97 Å². The van der Waals surface area contributed by atoms with Gasteiger partial charge in [-0.2, -0.15) is 0 Å². The molecular formula is C11H14N2OS. The SMILES string of the molecule is CCC(CC)c1ncc(-c2nccs2)o1. The zero-order chi connectivity index (χ0) is 10.7. The third-order valence-electron chi connectivity index (χ3n) is 2.50. The average Bonchev–Trinajstić information content (AvgIpc) is 2.89. The number of aromatic nitrogens is 2. The van der Waals surface area contributed by atoms with Gasteiger partial charge in [0.25, 0.3) is 0 Å². The highest BCUT2D eigenvalue weighted by atomic mass is 32.1. The maximum Gasteiger partial charge on any atom is 0.198 e. The Hall–Kier alpha value is -1.16. The first-order valence-electron chi connectivity index (χ1n) is 5.20. The Morgan fingerprint density at radius 3 is 2.73 bits per heavy atom. The van der Waals surface area contributed by atoms with E-state index in [1.54, 1.807) is 23.7 Å². The molecule has 0 radical (unpaired) electrons. The van der Waals surface area contributed by atoms with Gasteiger partial charge < -0.3 is 4.42 Å². The fraction of sp³-hybridized carbons (Fsp3) is 0.455. The van der Waals surface area contributed by atoms with Crippen LogP contribution in [0.4, 0.5) is 0 Å². The van der Waals surface area contributed by atoms with Crippen LogP contribution in [0.25, 0.3) is 10.8 Å². The molecule has 4 heteroatoms. The van der Waals surface area contributed by atoms with Crippen LogP contribution in [-0.2, 0) is 0 Å². The normalized spacial score (nSPS) is 11.1. The average molecular weight is 222 g/mol. The number of rotatable bonds is 4. The lowest BCUT2D eigenvalue weighted by Crippen LogP contribution is -1.94. The molecule has 0 atom stereocenters. The summed E-state index contributed by atoms with van der Waals surface area (Å²) in [6.07, 6.45) is 5.68. The Morgan fingerprint density at radius 2 is 2.13 bits per heavy atom. The van der Waals surface area contributed by atoms with Crippen LogP contribution in [-0.4, -0.2) is 9.97 Å². The zero-order valence-electron chi connectivity index (χ0n) is 8.93. The second kappa shape index (κ2) is 4.57. The topological polar surface area (TPSA) is 38.9 Å². The molecular weight excluding hydrogens is 208 g/mol. The van der Waals surface area contributed by atoms with Gasteiger partial charge in [-0.25, -0.2) is 9.97 Å². The van der Waals surface area contributed by atoms with E-state index in [0.29, 0.717) is 5.92 Å². The van der Waals surface area contributed by atoms with Gasteiger partial charge in [-0.05, 0) is 12.8 Å². The van der Waals surface area contributed by atoms with Crippen LogP contribution < -0.4 is 0 Å². The number of nitrogens with zero attached hydrogens (tertiary/aromatic N) is 2. The summed E-state index contributed by atoms with van der Waals surface area (Å²) in [5.74, 6) is 2.05. The number of hydrogen-bond donors (Lipinski definition) is 0. The van der Waals surface area contributed by atoms with E-state index in [2.05, 4.69) is 23.8 Å². The molecule has 2 aromatic heterocycles. The van der Waals surface area contributed by atoms with Gasteiger partial charge in [-0.1, -0.05) is 13.8 Å². The Morgan fingerprint density at radius 1 is 1.33 bits per heavy atom. The maximum absolute atomic E-state index is 5.71. The summed E-state index contributed by atoms with van der Waals surface area (Å²) >= 11 is 1.57. The van der Waals surface area contributed by atoms with Crippen LogP contribution in [0.15, 0.2) is 22.2 Å². The molecule has 0 bridgehead atoms. The molecule has 0 saturated heterocycles. The lowest BCUT2D eigenvalue weighted by Gasteiger charge is -2.05. The first-order chi connectivity index (χ1) is 7.35. The minimum atomic E-state index is 0.429. The summed E-state index contributed by atoms with van der Waals surface area (Å²) in [5, 5.41) is 2.84. The largest absolute Gasteiger partial charge is 0.438 e. The molecule has 3 nitrogen and oxygen atoms in total. The van der Waals surface area contributed by atoms with E-state index in [1.165, 1.54) is 0 Å². The van der Waals surface area contributed by atoms with Crippen LogP contribution in [0.2, 0.25) is 0 Å². The Kier molecular flexibility index (Phi) is 3.16. The van der Waals surface area contributed by atoms with Crippen molar-refractivity contribution in [2.75, 3.05) is 0 Å². The molecule has 0 amide bonds. The third-order valence-corrected chi connectivity index (χ3v) is 3.29. The number of thiazole rings is 1. The van der Waals surface area contributed by atoms with Crippen molar-refractivity contribution < 1.29 is 4.42 Å². The predicted molar refractivity (Wildman–Crippen MR) is 60.9 cm³/mol. The van der Waals surface area contributed by atoms with Gasteiger partial charge in [0.05, 0.1) is 6.20 Å². The molecule has 0 aliphatic carbocycles. The zero-order valence-corrected chi connectivity index (χ0v) is 9.75. The van der Waals surface area contributed by atoms with E-state index >= 15 is 0 Å². The Balaban J connectivity index is 2.24. The number of hydrogen-bond acceptors (Lipinski definition) is 4. The summed E-state index contributed by atoms with van der Waals surface area (Å²) in [6.45, 7) is 4.31. The highest BCUT2D eigenvalue weighted by molar-refractivity contribution is 7.13. The first kappa shape index (κ1) is 10.4. The fourth-order valence-electron chi connectivity index (χ4n) is 1.56. The molecule has 0 aliphatic heterocycles. The maximum atomic E-state index is 5.71. The van der Waals surface area contributed by atoms with E-state index in [4.69, 9.17) is 4.42 Å². The summed E-state index contributed by atoms with van der Waals surface area (Å²) in [5.41, 5.74) is 0. The van der Waals surface area contributed by atoms with Crippen molar-refractivity contribution in [3.8, 4) is 10.8 Å². The predicted octanol–water partition coefficient (Wildman–Crippen LogP) is 3.70. The van der Waals surface area contributed by atoms with Crippen molar-refractivity contribution in [3.63, 3.8) is 0 Å². The monoisotopic (exact) mass is 222 g/mol. The molecule has 0 N–H and O–H groups in total. The lowest BCUT2D eigenvalue weighted by molar-refractivity contribution is 0.439. The molecule has 0 spiro atoms. The smallest absolute Gasteiger partial charge is 0.198 e. The van der Waals surface area contributed by atoms with Crippen molar-refractivity contribution >= 4 is 11.3 Å². The molecule has 15 heavy (non-hydrogen) atoms.